The zero-order valence-electron chi connectivity index (χ0n) is 9.61. The molecule has 0 aliphatic rings. The summed E-state index contributed by atoms with van der Waals surface area (Å²) in [6, 6.07) is 2.03. The molecular formula is C10H8Cl2N2O5. The van der Waals surface area contributed by atoms with Crippen molar-refractivity contribution in [1.29, 1.82) is 0 Å². The average Bonchev–Trinajstić information content (AvgIpc) is 2.38. The van der Waals surface area contributed by atoms with Crippen LogP contribution < -0.4 is 5.32 Å². The van der Waals surface area contributed by atoms with Gasteiger partial charge >= 0.3 is 6.09 Å². The molecule has 0 saturated carbocycles. The molecule has 102 valence electrons. The lowest BCUT2D eigenvalue weighted by molar-refractivity contribution is -0.384. The maximum Gasteiger partial charge on any atom is 0.407 e. The molecule has 0 bridgehead atoms. The first-order valence-corrected chi connectivity index (χ1v) is 5.61. The number of methoxy groups -OCH3 is 1. The number of nitro groups is 1. The molecule has 0 aromatic heterocycles. The zero-order valence-corrected chi connectivity index (χ0v) is 11.1. The molecule has 1 aromatic carbocycles. The van der Waals surface area contributed by atoms with Crippen molar-refractivity contribution < 1.29 is 19.2 Å². The van der Waals surface area contributed by atoms with E-state index in [1.807, 2.05) is 0 Å². The molecule has 0 aliphatic carbocycles. The molecular weight excluding hydrogens is 299 g/mol. The van der Waals surface area contributed by atoms with Gasteiger partial charge in [-0.15, -0.1) is 0 Å². The Bertz CT molecular complexity index is 547. The number of halogens is 2. The van der Waals surface area contributed by atoms with Crippen molar-refractivity contribution >= 4 is 40.8 Å². The Morgan fingerprint density at radius 1 is 1.42 bits per heavy atom. The van der Waals surface area contributed by atoms with Crippen molar-refractivity contribution in [3.8, 4) is 0 Å². The van der Waals surface area contributed by atoms with E-state index in [2.05, 4.69) is 10.1 Å². The van der Waals surface area contributed by atoms with E-state index in [4.69, 9.17) is 23.2 Å². The van der Waals surface area contributed by atoms with Gasteiger partial charge in [-0.25, -0.2) is 4.79 Å². The third kappa shape index (κ3) is 3.80. The summed E-state index contributed by atoms with van der Waals surface area (Å²) in [5.41, 5.74) is -0.506. The molecule has 0 heterocycles. The zero-order chi connectivity index (χ0) is 14.6. The minimum absolute atomic E-state index is 0.107. The number of non-ortho nitro benzene ring substituents is 1. The molecule has 0 saturated heterocycles. The van der Waals surface area contributed by atoms with Crippen LogP contribution in [0.4, 0.5) is 10.5 Å². The van der Waals surface area contributed by atoms with E-state index >= 15 is 0 Å². The third-order valence-electron chi connectivity index (χ3n) is 2.10. The molecule has 0 radical (unpaired) electrons. The van der Waals surface area contributed by atoms with E-state index in [1.54, 1.807) is 0 Å². The smallest absolute Gasteiger partial charge is 0.407 e. The minimum Gasteiger partial charge on any atom is -0.453 e. The van der Waals surface area contributed by atoms with Gasteiger partial charge in [0.1, 0.15) is 0 Å². The Morgan fingerprint density at radius 3 is 2.58 bits per heavy atom. The number of carbonyl (C=O) groups is 2. The van der Waals surface area contributed by atoms with Crippen LogP contribution in [0.1, 0.15) is 10.4 Å². The van der Waals surface area contributed by atoms with Crippen molar-refractivity contribution in [2.24, 2.45) is 0 Å². The molecule has 7 nitrogen and oxygen atoms in total. The summed E-state index contributed by atoms with van der Waals surface area (Å²) in [6.07, 6.45) is -0.805. The van der Waals surface area contributed by atoms with Crippen LogP contribution in [0.15, 0.2) is 12.1 Å². The third-order valence-corrected chi connectivity index (χ3v) is 2.90. The van der Waals surface area contributed by atoms with E-state index in [1.165, 1.54) is 0 Å². The van der Waals surface area contributed by atoms with Crippen molar-refractivity contribution in [2.75, 3.05) is 13.7 Å². The Balaban J connectivity index is 3.02. The summed E-state index contributed by atoms with van der Waals surface area (Å²) in [5.74, 6) is -0.624. The van der Waals surface area contributed by atoms with Crippen molar-refractivity contribution in [2.45, 2.75) is 0 Å². The van der Waals surface area contributed by atoms with Crippen LogP contribution in [0.5, 0.6) is 0 Å². The molecule has 1 aromatic rings. The number of amides is 1. The summed E-state index contributed by atoms with van der Waals surface area (Å²) in [6.45, 7) is -0.413. The minimum atomic E-state index is -0.805. The van der Waals surface area contributed by atoms with E-state index in [0.717, 1.165) is 19.2 Å². The number of rotatable bonds is 4. The largest absolute Gasteiger partial charge is 0.453 e. The maximum absolute atomic E-state index is 11.8. The van der Waals surface area contributed by atoms with Crippen molar-refractivity contribution in [3.05, 3.63) is 37.9 Å². The predicted molar refractivity (Wildman–Crippen MR) is 67.9 cm³/mol. The molecule has 0 atom stereocenters. The van der Waals surface area contributed by atoms with Gasteiger partial charge in [-0.2, -0.15) is 0 Å². The number of ether oxygens (including phenoxy) is 1. The lowest BCUT2D eigenvalue weighted by Crippen LogP contribution is -2.29. The first kappa shape index (κ1) is 15.2. The van der Waals surface area contributed by atoms with Gasteiger partial charge < -0.3 is 10.1 Å². The van der Waals surface area contributed by atoms with Crippen LogP contribution in [-0.2, 0) is 4.74 Å². The summed E-state index contributed by atoms with van der Waals surface area (Å²) in [4.78, 5) is 32.6. The van der Waals surface area contributed by atoms with Gasteiger partial charge in [0.2, 0.25) is 0 Å². The molecule has 1 amide bonds. The van der Waals surface area contributed by atoms with Crippen LogP contribution in [0.25, 0.3) is 0 Å². The van der Waals surface area contributed by atoms with Crippen LogP contribution in [0, 0.1) is 10.1 Å². The summed E-state index contributed by atoms with van der Waals surface area (Å²) in [5, 5.41) is 12.6. The van der Waals surface area contributed by atoms with Crippen molar-refractivity contribution in [1.82, 2.24) is 5.32 Å². The SMILES string of the molecule is COC(=O)NCC(=O)c1cc([N+](=O)[O-])cc(Cl)c1Cl. The average molecular weight is 307 g/mol. The number of ketones is 1. The van der Waals surface area contributed by atoms with Crippen molar-refractivity contribution in [3.63, 3.8) is 0 Å². The molecule has 1 N–H and O–H groups in total. The molecule has 1 rings (SSSR count). The van der Waals surface area contributed by atoms with Gasteiger partial charge in [0.15, 0.2) is 5.78 Å². The first-order valence-electron chi connectivity index (χ1n) is 4.85. The second kappa shape index (κ2) is 6.35. The van der Waals surface area contributed by atoms with Crippen LogP contribution in [0.3, 0.4) is 0 Å². The summed E-state index contributed by atoms with van der Waals surface area (Å²) in [7, 11) is 1.14. The standard InChI is InChI=1S/C10H8Cl2N2O5/c1-19-10(16)13-4-8(15)6-2-5(14(17)18)3-7(11)9(6)12/h2-3H,4H2,1H3,(H,13,16). The number of alkyl carbamates (subject to hydrolysis) is 1. The predicted octanol–water partition coefficient (Wildman–Crippen LogP) is 2.44. The fourth-order valence-electron chi connectivity index (χ4n) is 1.20. The highest BCUT2D eigenvalue weighted by Crippen LogP contribution is 2.31. The number of hydrogen-bond donors (Lipinski definition) is 1. The van der Waals surface area contributed by atoms with Crippen LogP contribution in [0.2, 0.25) is 10.0 Å². The summed E-state index contributed by atoms with van der Waals surface area (Å²) < 4.78 is 4.28. The lowest BCUT2D eigenvalue weighted by Gasteiger charge is -2.06. The molecule has 0 fully saturated rings. The van der Waals surface area contributed by atoms with E-state index in [-0.39, 0.29) is 21.3 Å². The van der Waals surface area contributed by atoms with Crippen LogP contribution in [-0.4, -0.2) is 30.5 Å². The number of benzene rings is 1. The lowest BCUT2D eigenvalue weighted by atomic mass is 10.1. The Labute approximate surface area is 117 Å². The van der Waals surface area contributed by atoms with Crippen LogP contribution >= 0.6 is 23.2 Å². The monoisotopic (exact) mass is 306 g/mol. The fraction of sp³-hybridized carbons (Fsp3) is 0.200. The van der Waals surface area contributed by atoms with Gasteiger partial charge in [-0.1, -0.05) is 23.2 Å². The molecule has 0 unspecified atom stereocenters. The van der Waals surface area contributed by atoms with E-state index < -0.39 is 23.3 Å². The van der Waals surface area contributed by atoms with E-state index in [0.29, 0.717) is 0 Å². The van der Waals surface area contributed by atoms with Gasteiger partial charge in [0.25, 0.3) is 5.69 Å². The number of nitrogens with zero attached hydrogens (tertiary/aromatic N) is 1. The fourth-order valence-corrected chi connectivity index (χ4v) is 1.63. The quantitative estimate of drug-likeness (QED) is 0.523. The number of Topliss-reactive ketones (excluding diaryl/α,β-unsaturated/α-hetero) is 1. The number of nitro benzene ring substituents is 1. The second-order valence-corrected chi connectivity index (χ2v) is 4.10. The molecule has 19 heavy (non-hydrogen) atoms. The molecule has 0 spiro atoms. The number of hydrogen-bond acceptors (Lipinski definition) is 5. The maximum atomic E-state index is 11.8. The summed E-state index contributed by atoms with van der Waals surface area (Å²) >= 11 is 11.5. The number of carbonyl (C=O) groups excluding carboxylic acids is 2. The first-order chi connectivity index (χ1) is 8.86. The molecule has 0 aliphatic heterocycles. The molecule has 9 heteroatoms. The second-order valence-electron chi connectivity index (χ2n) is 3.31. The van der Waals surface area contributed by atoms with Gasteiger partial charge in [-0.05, 0) is 0 Å². The van der Waals surface area contributed by atoms with Gasteiger partial charge in [0, 0.05) is 17.7 Å². The van der Waals surface area contributed by atoms with Gasteiger partial charge in [0.05, 0.1) is 28.6 Å². The van der Waals surface area contributed by atoms with Gasteiger partial charge in [-0.3, -0.25) is 14.9 Å². The number of nitrogens with one attached hydrogen (secondary N) is 1. The Kier molecular flexibility index (Phi) is 5.08. The van der Waals surface area contributed by atoms with E-state index in [9.17, 15) is 19.7 Å². The highest BCUT2D eigenvalue weighted by molar-refractivity contribution is 6.44. The Hall–Kier alpha value is -1.86. The Morgan fingerprint density at radius 2 is 2.05 bits per heavy atom. The topological polar surface area (TPSA) is 98.5 Å². The highest BCUT2D eigenvalue weighted by atomic mass is 35.5. The highest BCUT2D eigenvalue weighted by Gasteiger charge is 2.19. The normalized spacial score (nSPS) is 9.84.